The Morgan fingerprint density at radius 3 is 2.96 bits per heavy atom. The molecule has 9 heteroatoms. The fourth-order valence-corrected chi connectivity index (χ4v) is 2.90. The highest BCUT2D eigenvalue weighted by atomic mass is 16.5. The van der Waals surface area contributed by atoms with Crippen molar-refractivity contribution in [2.45, 2.75) is 19.3 Å². The molecule has 1 atom stereocenters. The summed E-state index contributed by atoms with van der Waals surface area (Å²) in [6.07, 6.45) is 5.52. The van der Waals surface area contributed by atoms with Crippen molar-refractivity contribution in [1.82, 2.24) is 34.8 Å². The quantitative estimate of drug-likeness (QED) is 0.706. The molecular weight excluding hydrogens is 322 g/mol. The van der Waals surface area contributed by atoms with Crippen LogP contribution in [0.25, 0.3) is 11.6 Å². The molecule has 1 aliphatic rings. The Morgan fingerprint density at radius 1 is 1.36 bits per heavy atom. The van der Waals surface area contributed by atoms with Crippen LogP contribution in [0.4, 0.5) is 0 Å². The monoisotopic (exact) mass is 339 g/mol. The summed E-state index contributed by atoms with van der Waals surface area (Å²) in [6.45, 7) is 3.12. The van der Waals surface area contributed by atoms with Crippen molar-refractivity contribution in [2.75, 3.05) is 13.1 Å². The smallest absolute Gasteiger partial charge is 0.278 e. The molecule has 1 aliphatic heterocycles. The Kier molecular flexibility index (Phi) is 3.75. The summed E-state index contributed by atoms with van der Waals surface area (Å²) in [5.41, 5.74) is 1.95. The Morgan fingerprint density at radius 2 is 2.24 bits per heavy atom. The minimum Gasteiger partial charge on any atom is -0.336 e. The lowest BCUT2D eigenvalue weighted by atomic mass is 10.1. The largest absolute Gasteiger partial charge is 0.336 e. The summed E-state index contributed by atoms with van der Waals surface area (Å²) in [7, 11) is 1.83. The molecule has 25 heavy (non-hydrogen) atoms. The number of carbonyl (C=O) groups is 1. The molecule has 0 spiro atoms. The molecule has 0 aromatic carbocycles. The van der Waals surface area contributed by atoms with Gasteiger partial charge in [-0.15, -0.1) is 0 Å². The Hall–Kier alpha value is -3.10. The van der Waals surface area contributed by atoms with Gasteiger partial charge < -0.3 is 9.42 Å². The van der Waals surface area contributed by atoms with Gasteiger partial charge in [-0.2, -0.15) is 10.1 Å². The zero-order chi connectivity index (χ0) is 17.4. The normalized spacial score (nSPS) is 17.2. The van der Waals surface area contributed by atoms with Gasteiger partial charge in [-0.1, -0.05) is 5.16 Å². The average molecular weight is 339 g/mol. The van der Waals surface area contributed by atoms with Gasteiger partial charge in [0.1, 0.15) is 5.69 Å². The molecule has 0 radical (unpaired) electrons. The highest BCUT2D eigenvalue weighted by Crippen LogP contribution is 2.27. The van der Waals surface area contributed by atoms with Gasteiger partial charge in [-0.3, -0.25) is 14.5 Å². The topological polar surface area (TPSA) is 103 Å². The lowest BCUT2D eigenvalue weighted by molar-refractivity contribution is 0.0784. The van der Waals surface area contributed by atoms with Crippen molar-refractivity contribution >= 4 is 5.91 Å². The lowest BCUT2D eigenvalue weighted by Crippen LogP contribution is -2.29. The summed E-state index contributed by atoms with van der Waals surface area (Å²) < 4.78 is 6.98. The number of likely N-dealkylation sites (tertiary alicyclic amines) is 1. The molecule has 4 rings (SSSR count). The summed E-state index contributed by atoms with van der Waals surface area (Å²) in [5.74, 6) is 0.910. The Bertz CT molecular complexity index is 883. The van der Waals surface area contributed by atoms with Crippen LogP contribution in [0.2, 0.25) is 0 Å². The number of amides is 1. The van der Waals surface area contributed by atoms with Gasteiger partial charge in [-0.25, -0.2) is 4.98 Å². The summed E-state index contributed by atoms with van der Waals surface area (Å²) >= 11 is 0. The molecule has 1 fully saturated rings. The highest BCUT2D eigenvalue weighted by molar-refractivity contribution is 5.92. The molecule has 0 N–H and O–H groups in total. The summed E-state index contributed by atoms with van der Waals surface area (Å²) in [5, 5.41) is 8.30. The van der Waals surface area contributed by atoms with Gasteiger partial charge in [0.05, 0.1) is 6.20 Å². The fourth-order valence-electron chi connectivity index (χ4n) is 2.90. The number of aromatic nitrogens is 6. The molecular formula is C16H17N7O2. The number of carbonyl (C=O) groups excluding carboxylic acids is 1. The first-order valence-corrected chi connectivity index (χ1v) is 8.01. The molecule has 1 saturated heterocycles. The molecule has 0 bridgehead atoms. The number of hydrogen-bond donors (Lipinski definition) is 0. The van der Waals surface area contributed by atoms with Crippen molar-refractivity contribution in [3.8, 4) is 11.6 Å². The number of aryl methyl sites for hydroxylation is 2. The van der Waals surface area contributed by atoms with E-state index in [0.29, 0.717) is 36.2 Å². The second-order valence-corrected chi connectivity index (χ2v) is 6.08. The number of rotatable bonds is 3. The van der Waals surface area contributed by atoms with E-state index in [1.54, 1.807) is 34.2 Å². The van der Waals surface area contributed by atoms with Gasteiger partial charge in [0.2, 0.25) is 0 Å². The van der Waals surface area contributed by atoms with Crippen molar-refractivity contribution in [1.29, 1.82) is 0 Å². The van der Waals surface area contributed by atoms with Crippen LogP contribution in [-0.2, 0) is 7.05 Å². The van der Waals surface area contributed by atoms with E-state index in [0.717, 1.165) is 12.1 Å². The van der Waals surface area contributed by atoms with Crippen LogP contribution in [0.15, 0.2) is 29.2 Å². The van der Waals surface area contributed by atoms with Crippen LogP contribution in [0.5, 0.6) is 0 Å². The minimum absolute atomic E-state index is 0.0444. The van der Waals surface area contributed by atoms with Crippen molar-refractivity contribution in [3.05, 3.63) is 41.9 Å². The Balaban J connectivity index is 1.47. The minimum atomic E-state index is -0.0659. The van der Waals surface area contributed by atoms with Crippen molar-refractivity contribution in [2.24, 2.45) is 7.05 Å². The lowest BCUT2D eigenvalue weighted by Gasteiger charge is -2.13. The van der Waals surface area contributed by atoms with Gasteiger partial charge in [0, 0.05) is 44.1 Å². The molecule has 3 aromatic rings. The maximum absolute atomic E-state index is 12.6. The average Bonchev–Trinajstić information content (AvgIpc) is 3.35. The van der Waals surface area contributed by atoms with Crippen LogP contribution in [0.1, 0.15) is 34.3 Å². The SMILES string of the molecule is Cc1cc(C(=O)N2CCC(c3noc(-c4cnccn4)n3)C2)nn1C. The molecule has 1 unspecified atom stereocenters. The van der Waals surface area contributed by atoms with Gasteiger partial charge >= 0.3 is 0 Å². The molecule has 3 aromatic heterocycles. The number of nitrogens with zero attached hydrogens (tertiary/aromatic N) is 7. The first kappa shape index (κ1) is 15.4. The molecule has 4 heterocycles. The van der Waals surface area contributed by atoms with Crippen LogP contribution in [0.3, 0.4) is 0 Å². The van der Waals surface area contributed by atoms with Gasteiger partial charge in [-0.05, 0) is 19.4 Å². The Labute approximate surface area is 143 Å². The van der Waals surface area contributed by atoms with Crippen LogP contribution in [-0.4, -0.2) is 53.8 Å². The zero-order valence-corrected chi connectivity index (χ0v) is 14.0. The number of hydrogen-bond acceptors (Lipinski definition) is 7. The van der Waals surface area contributed by atoms with E-state index in [4.69, 9.17) is 4.52 Å². The van der Waals surface area contributed by atoms with Crippen LogP contribution >= 0.6 is 0 Å². The second kappa shape index (κ2) is 6.08. The molecule has 128 valence electrons. The van der Waals surface area contributed by atoms with Crippen LogP contribution in [0, 0.1) is 6.92 Å². The van der Waals surface area contributed by atoms with E-state index in [-0.39, 0.29) is 11.8 Å². The van der Waals surface area contributed by atoms with E-state index >= 15 is 0 Å². The predicted octanol–water partition coefficient (Wildman–Crippen LogP) is 1.20. The first-order valence-electron chi connectivity index (χ1n) is 8.01. The standard InChI is InChI=1S/C16H17N7O2/c1-10-7-12(20-22(10)2)16(24)23-6-3-11(9-23)14-19-15(25-21-14)13-8-17-4-5-18-13/h4-5,7-8,11H,3,6,9H2,1-2H3. The predicted molar refractivity (Wildman–Crippen MR) is 86.5 cm³/mol. The van der Waals surface area contributed by atoms with Gasteiger partial charge in [0.15, 0.2) is 11.5 Å². The van der Waals surface area contributed by atoms with E-state index < -0.39 is 0 Å². The first-order chi connectivity index (χ1) is 12.1. The maximum Gasteiger partial charge on any atom is 0.278 e. The van der Waals surface area contributed by atoms with Crippen molar-refractivity contribution < 1.29 is 9.32 Å². The summed E-state index contributed by atoms with van der Waals surface area (Å²) in [4.78, 5) is 26.9. The summed E-state index contributed by atoms with van der Waals surface area (Å²) in [6, 6.07) is 1.80. The third-order valence-electron chi connectivity index (χ3n) is 4.40. The highest BCUT2D eigenvalue weighted by Gasteiger charge is 2.32. The second-order valence-electron chi connectivity index (χ2n) is 6.08. The van der Waals surface area contributed by atoms with E-state index in [2.05, 4.69) is 25.2 Å². The molecule has 0 saturated carbocycles. The van der Waals surface area contributed by atoms with Gasteiger partial charge in [0.25, 0.3) is 11.8 Å². The molecule has 0 aliphatic carbocycles. The third-order valence-corrected chi connectivity index (χ3v) is 4.40. The van der Waals surface area contributed by atoms with E-state index in [1.807, 2.05) is 14.0 Å². The molecule has 9 nitrogen and oxygen atoms in total. The molecule has 1 amide bonds. The fraction of sp³-hybridized carbons (Fsp3) is 0.375. The van der Waals surface area contributed by atoms with E-state index in [1.165, 1.54) is 0 Å². The van der Waals surface area contributed by atoms with Crippen molar-refractivity contribution in [3.63, 3.8) is 0 Å². The maximum atomic E-state index is 12.6. The zero-order valence-electron chi connectivity index (χ0n) is 14.0. The van der Waals surface area contributed by atoms with E-state index in [9.17, 15) is 4.79 Å². The third kappa shape index (κ3) is 2.88. The van der Waals surface area contributed by atoms with Crippen LogP contribution < -0.4 is 0 Å².